The molecule has 1 amide bonds. The number of anilines is 1. The fourth-order valence-electron chi connectivity index (χ4n) is 1.14. The number of hydrogen-bond donors (Lipinski definition) is 2. The number of para-hydroxylation sites is 1. The predicted molar refractivity (Wildman–Crippen MR) is 55.6 cm³/mol. The lowest BCUT2D eigenvalue weighted by Gasteiger charge is -1.91. The van der Waals surface area contributed by atoms with Crippen LogP contribution in [-0.4, -0.2) is 16.0 Å². The molecule has 0 unspecified atom stereocenters. The first-order valence-corrected chi connectivity index (χ1v) is 4.84. The SMILES string of the molecule is CC(=O)Nc1nc2c(O)cccc2s1. The van der Waals surface area contributed by atoms with Gasteiger partial charge in [0.25, 0.3) is 0 Å². The molecule has 0 saturated heterocycles. The Balaban J connectivity index is 2.51. The van der Waals surface area contributed by atoms with E-state index in [0.29, 0.717) is 10.6 Å². The van der Waals surface area contributed by atoms with Gasteiger partial charge in [0.2, 0.25) is 5.91 Å². The number of thiazole rings is 1. The van der Waals surface area contributed by atoms with Gasteiger partial charge in [0.05, 0.1) is 4.70 Å². The van der Waals surface area contributed by atoms with Gasteiger partial charge in [0.15, 0.2) is 5.13 Å². The molecule has 0 aliphatic rings. The van der Waals surface area contributed by atoms with Crippen LogP contribution in [0.15, 0.2) is 18.2 Å². The molecule has 0 atom stereocenters. The number of phenols is 1. The standard InChI is InChI=1S/C9H8N2O2S/c1-5(12)10-9-11-8-6(13)3-2-4-7(8)14-9/h2-4,13H,1H3,(H,10,11,12). The van der Waals surface area contributed by atoms with E-state index in [1.165, 1.54) is 18.3 Å². The number of nitrogens with zero attached hydrogens (tertiary/aromatic N) is 1. The summed E-state index contributed by atoms with van der Waals surface area (Å²) >= 11 is 1.34. The van der Waals surface area contributed by atoms with Gasteiger partial charge in [0.1, 0.15) is 11.3 Å². The average Bonchev–Trinajstić information content (AvgIpc) is 2.47. The Kier molecular flexibility index (Phi) is 2.09. The van der Waals surface area contributed by atoms with Gasteiger partial charge in [-0.3, -0.25) is 4.79 Å². The Morgan fingerprint density at radius 1 is 1.57 bits per heavy atom. The maximum atomic E-state index is 10.8. The highest BCUT2D eigenvalue weighted by atomic mass is 32.1. The third-order valence-electron chi connectivity index (χ3n) is 1.68. The van der Waals surface area contributed by atoms with E-state index in [4.69, 9.17) is 0 Å². The monoisotopic (exact) mass is 208 g/mol. The van der Waals surface area contributed by atoms with Crippen LogP contribution in [0.5, 0.6) is 5.75 Å². The van der Waals surface area contributed by atoms with E-state index >= 15 is 0 Å². The topological polar surface area (TPSA) is 62.2 Å². The van der Waals surface area contributed by atoms with Crippen molar-refractivity contribution >= 4 is 32.6 Å². The number of fused-ring (bicyclic) bond motifs is 1. The number of rotatable bonds is 1. The molecular formula is C9H8N2O2S. The van der Waals surface area contributed by atoms with Crippen molar-refractivity contribution in [1.82, 2.24) is 4.98 Å². The summed E-state index contributed by atoms with van der Waals surface area (Å²) in [6, 6.07) is 5.16. The Bertz CT molecular complexity index is 493. The van der Waals surface area contributed by atoms with Crippen molar-refractivity contribution in [2.45, 2.75) is 6.92 Å². The first kappa shape index (κ1) is 8.96. The number of benzene rings is 1. The van der Waals surface area contributed by atoms with Crippen molar-refractivity contribution in [2.24, 2.45) is 0 Å². The summed E-state index contributed by atoms with van der Waals surface area (Å²) in [5, 5.41) is 12.5. The van der Waals surface area contributed by atoms with E-state index < -0.39 is 0 Å². The van der Waals surface area contributed by atoms with Crippen molar-refractivity contribution in [2.75, 3.05) is 5.32 Å². The molecule has 72 valence electrons. The van der Waals surface area contributed by atoms with E-state index in [9.17, 15) is 9.90 Å². The summed E-state index contributed by atoms with van der Waals surface area (Å²) in [5.41, 5.74) is 0.529. The molecule has 0 aliphatic heterocycles. The van der Waals surface area contributed by atoms with Crippen molar-refractivity contribution < 1.29 is 9.90 Å². The summed E-state index contributed by atoms with van der Waals surface area (Å²) in [6.45, 7) is 1.42. The third kappa shape index (κ3) is 1.54. The van der Waals surface area contributed by atoms with Gasteiger partial charge in [-0.05, 0) is 12.1 Å². The summed E-state index contributed by atoms with van der Waals surface area (Å²) in [4.78, 5) is 14.9. The third-order valence-corrected chi connectivity index (χ3v) is 2.62. The molecule has 1 aromatic heterocycles. The van der Waals surface area contributed by atoms with Crippen LogP contribution in [0.25, 0.3) is 10.2 Å². The second-order valence-corrected chi connectivity index (χ2v) is 3.85. The second kappa shape index (κ2) is 3.26. The van der Waals surface area contributed by atoms with Crippen LogP contribution < -0.4 is 5.32 Å². The lowest BCUT2D eigenvalue weighted by atomic mass is 10.3. The van der Waals surface area contributed by atoms with E-state index in [2.05, 4.69) is 10.3 Å². The van der Waals surface area contributed by atoms with Crippen LogP contribution in [0.4, 0.5) is 5.13 Å². The van der Waals surface area contributed by atoms with Gasteiger partial charge in [-0.25, -0.2) is 4.98 Å². The molecule has 0 saturated carbocycles. The van der Waals surface area contributed by atoms with Gasteiger partial charge in [-0.2, -0.15) is 0 Å². The van der Waals surface area contributed by atoms with Crippen LogP contribution in [-0.2, 0) is 4.79 Å². The first-order chi connectivity index (χ1) is 6.66. The normalized spacial score (nSPS) is 10.4. The van der Waals surface area contributed by atoms with Gasteiger partial charge in [-0.15, -0.1) is 0 Å². The van der Waals surface area contributed by atoms with E-state index in [1.54, 1.807) is 12.1 Å². The van der Waals surface area contributed by atoms with Gasteiger partial charge in [-0.1, -0.05) is 17.4 Å². The van der Waals surface area contributed by atoms with Gasteiger partial charge < -0.3 is 10.4 Å². The molecule has 2 N–H and O–H groups in total. The quantitative estimate of drug-likeness (QED) is 0.753. The van der Waals surface area contributed by atoms with Crippen LogP contribution in [0.3, 0.4) is 0 Å². The number of hydrogen-bond acceptors (Lipinski definition) is 4. The highest BCUT2D eigenvalue weighted by Gasteiger charge is 2.07. The second-order valence-electron chi connectivity index (χ2n) is 2.82. The van der Waals surface area contributed by atoms with Crippen molar-refractivity contribution in [3.05, 3.63) is 18.2 Å². The molecular weight excluding hydrogens is 200 g/mol. The zero-order valence-electron chi connectivity index (χ0n) is 7.44. The molecule has 0 spiro atoms. The Labute approximate surface area is 84.2 Å². The van der Waals surface area contributed by atoms with E-state index in [1.807, 2.05) is 6.07 Å². The maximum Gasteiger partial charge on any atom is 0.223 e. The molecule has 0 radical (unpaired) electrons. The highest BCUT2D eigenvalue weighted by molar-refractivity contribution is 7.22. The lowest BCUT2D eigenvalue weighted by molar-refractivity contribution is -0.114. The number of carbonyl (C=O) groups excluding carboxylic acids is 1. The number of aromatic nitrogens is 1. The van der Waals surface area contributed by atoms with Crippen molar-refractivity contribution in [3.8, 4) is 5.75 Å². The summed E-state index contributed by atoms with van der Waals surface area (Å²) in [6.07, 6.45) is 0. The Hall–Kier alpha value is -1.62. The van der Waals surface area contributed by atoms with Crippen LogP contribution in [0.1, 0.15) is 6.92 Å². The number of aromatic hydroxyl groups is 1. The molecule has 1 aromatic carbocycles. The molecule has 4 nitrogen and oxygen atoms in total. The Morgan fingerprint density at radius 2 is 2.36 bits per heavy atom. The highest BCUT2D eigenvalue weighted by Crippen LogP contribution is 2.31. The van der Waals surface area contributed by atoms with Crippen LogP contribution >= 0.6 is 11.3 Å². The fraction of sp³-hybridized carbons (Fsp3) is 0.111. The van der Waals surface area contributed by atoms with E-state index in [-0.39, 0.29) is 11.7 Å². The van der Waals surface area contributed by atoms with Crippen molar-refractivity contribution in [1.29, 1.82) is 0 Å². The summed E-state index contributed by atoms with van der Waals surface area (Å²) < 4.78 is 0.855. The minimum absolute atomic E-state index is 0.135. The Morgan fingerprint density at radius 3 is 3.00 bits per heavy atom. The predicted octanol–water partition coefficient (Wildman–Crippen LogP) is 1.96. The molecule has 5 heteroatoms. The molecule has 14 heavy (non-hydrogen) atoms. The number of nitrogens with one attached hydrogen (secondary N) is 1. The summed E-state index contributed by atoms with van der Waals surface area (Å²) in [5.74, 6) is -0.0288. The molecule has 2 aromatic rings. The first-order valence-electron chi connectivity index (χ1n) is 4.03. The molecule has 2 rings (SSSR count). The van der Waals surface area contributed by atoms with E-state index in [0.717, 1.165) is 4.70 Å². The zero-order chi connectivity index (χ0) is 10.1. The molecule has 1 heterocycles. The fourth-order valence-corrected chi connectivity index (χ4v) is 2.07. The van der Waals surface area contributed by atoms with Crippen molar-refractivity contribution in [3.63, 3.8) is 0 Å². The number of carbonyl (C=O) groups is 1. The molecule has 0 aliphatic carbocycles. The zero-order valence-corrected chi connectivity index (χ0v) is 8.26. The van der Waals surface area contributed by atoms with Crippen LogP contribution in [0, 0.1) is 0 Å². The smallest absolute Gasteiger partial charge is 0.223 e. The summed E-state index contributed by atoms with van der Waals surface area (Å²) in [7, 11) is 0. The minimum Gasteiger partial charge on any atom is -0.506 e. The average molecular weight is 208 g/mol. The maximum absolute atomic E-state index is 10.8. The molecule has 0 bridgehead atoms. The number of amides is 1. The number of phenolic OH excluding ortho intramolecular Hbond substituents is 1. The minimum atomic E-state index is -0.163. The van der Waals surface area contributed by atoms with Crippen LogP contribution in [0.2, 0.25) is 0 Å². The molecule has 0 fully saturated rings. The van der Waals surface area contributed by atoms with Gasteiger partial charge in [0, 0.05) is 6.92 Å². The largest absolute Gasteiger partial charge is 0.506 e. The lowest BCUT2D eigenvalue weighted by Crippen LogP contribution is -2.04. The van der Waals surface area contributed by atoms with Gasteiger partial charge >= 0.3 is 0 Å².